The molecular weight excluding hydrogens is 452 g/mol. The van der Waals surface area contributed by atoms with E-state index in [9.17, 15) is 9.59 Å². The van der Waals surface area contributed by atoms with Crippen LogP contribution in [0.4, 0.5) is 0 Å². The minimum absolute atomic E-state index is 0.0748. The van der Waals surface area contributed by atoms with Crippen LogP contribution in [-0.4, -0.2) is 76.5 Å². The lowest BCUT2D eigenvalue weighted by Crippen LogP contribution is -2.57. The highest BCUT2D eigenvalue weighted by Gasteiger charge is 2.32. The highest BCUT2D eigenvalue weighted by atomic mass is 32.2. The van der Waals surface area contributed by atoms with Crippen molar-refractivity contribution in [2.75, 3.05) is 43.4 Å². The average Bonchev–Trinajstić information content (AvgIpc) is 3.40. The Bertz CT molecular complexity index is 746. The quantitative estimate of drug-likeness (QED) is 0.556. The predicted molar refractivity (Wildman–Crippen MR) is 138 cm³/mol. The third-order valence-corrected chi connectivity index (χ3v) is 9.08. The molecule has 0 spiro atoms. The van der Waals surface area contributed by atoms with Gasteiger partial charge in [0.25, 0.3) is 0 Å². The molecule has 1 radical (unpaired) electrons. The van der Waals surface area contributed by atoms with E-state index in [1.54, 1.807) is 11.8 Å². The molecule has 2 atom stereocenters. The van der Waals surface area contributed by atoms with Gasteiger partial charge in [0.1, 0.15) is 11.4 Å². The molecule has 2 heterocycles. The van der Waals surface area contributed by atoms with Crippen molar-refractivity contribution in [3.8, 4) is 0 Å². The molecule has 2 saturated heterocycles. The molecule has 3 aliphatic rings. The molecule has 1 unspecified atom stereocenters. The smallest absolute Gasteiger partial charge is 0.248 e. The van der Waals surface area contributed by atoms with E-state index in [1.165, 1.54) is 37.7 Å². The molecule has 0 aromatic heterocycles. The average molecular weight is 490 g/mol. The number of nitrogens with one attached hydrogen (secondary N) is 2. The van der Waals surface area contributed by atoms with Crippen LogP contribution in [0.5, 0.6) is 0 Å². The van der Waals surface area contributed by atoms with Crippen LogP contribution in [0.3, 0.4) is 0 Å². The molecule has 1 aromatic rings. The van der Waals surface area contributed by atoms with E-state index in [1.807, 2.05) is 29.3 Å². The summed E-state index contributed by atoms with van der Waals surface area (Å²) >= 11 is 3.41. The maximum Gasteiger partial charge on any atom is 0.248 e. The highest BCUT2D eigenvalue weighted by Crippen LogP contribution is 2.27. The van der Waals surface area contributed by atoms with Crippen molar-refractivity contribution in [2.24, 2.45) is 5.92 Å². The van der Waals surface area contributed by atoms with Gasteiger partial charge >= 0.3 is 0 Å². The van der Waals surface area contributed by atoms with Crippen LogP contribution in [-0.2, 0) is 16.1 Å². The molecule has 6 nitrogen and oxygen atoms in total. The molecule has 1 saturated carbocycles. The summed E-state index contributed by atoms with van der Waals surface area (Å²) in [6.07, 6.45) is 6.63. The summed E-state index contributed by atoms with van der Waals surface area (Å²) in [5.41, 5.74) is 1.31. The highest BCUT2D eigenvalue weighted by molar-refractivity contribution is 8.01. The van der Waals surface area contributed by atoms with E-state index >= 15 is 0 Å². The van der Waals surface area contributed by atoms with Crippen molar-refractivity contribution in [3.63, 3.8) is 0 Å². The third kappa shape index (κ3) is 7.64. The molecule has 2 amide bonds. The standard InChI is InChI=1S/C25H37N4O2S2/c30-23(24-26-11-16-33-24)27-22(19-32-18-21-9-5-2-6-10-21)25(31)29-14-12-28(13-15-29)17-20-7-3-1-4-8-20/h1,3-4,7-8,11,21-22,24,26H,2,5-6,9-10,12-19H2,(H,27,30)/t22-,24?/m0/s1. The van der Waals surface area contributed by atoms with Gasteiger partial charge in [-0.2, -0.15) is 11.8 Å². The number of amides is 2. The fourth-order valence-electron chi connectivity index (χ4n) is 4.82. The number of benzene rings is 1. The summed E-state index contributed by atoms with van der Waals surface area (Å²) in [4.78, 5) is 30.6. The maximum atomic E-state index is 13.4. The van der Waals surface area contributed by atoms with Gasteiger partial charge in [0.2, 0.25) is 11.8 Å². The second-order valence-electron chi connectivity index (χ2n) is 9.27. The molecule has 33 heavy (non-hydrogen) atoms. The maximum absolute atomic E-state index is 13.4. The lowest BCUT2D eigenvalue weighted by atomic mass is 9.91. The van der Waals surface area contributed by atoms with E-state index in [0.717, 1.165) is 50.1 Å². The summed E-state index contributed by atoms with van der Waals surface area (Å²) in [5, 5.41) is 5.90. The fraction of sp³-hybridized carbons (Fsp3) is 0.640. The first kappa shape index (κ1) is 24.9. The van der Waals surface area contributed by atoms with Crippen LogP contribution in [0.15, 0.2) is 30.3 Å². The monoisotopic (exact) mass is 489 g/mol. The van der Waals surface area contributed by atoms with Crippen molar-refractivity contribution in [1.29, 1.82) is 0 Å². The number of carbonyl (C=O) groups is 2. The van der Waals surface area contributed by atoms with Crippen molar-refractivity contribution in [2.45, 2.75) is 50.1 Å². The van der Waals surface area contributed by atoms with Gasteiger partial charge in [-0.1, -0.05) is 49.6 Å². The Morgan fingerprint density at radius 1 is 1.09 bits per heavy atom. The first-order chi connectivity index (χ1) is 16.2. The van der Waals surface area contributed by atoms with Gasteiger partial charge in [0.15, 0.2) is 0 Å². The summed E-state index contributed by atoms with van der Waals surface area (Å²) in [7, 11) is 0. The number of rotatable bonds is 9. The molecule has 1 aliphatic carbocycles. The minimum atomic E-state index is -0.449. The van der Waals surface area contributed by atoms with Crippen LogP contribution in [0.2, 0.25) is 0 Å². The van der Waals surface area contributed by atoms with Crippen molar-refractivity contribution in [3.05, 3.63) is 42.4 Å². The molecule has 181 valence electrons. The van der Waals surface area contributed by atoms with Gasteiger partial charge in [-0.15, -0.1) is 11.8 Å². The summed E-state index contributed by atoms with van der Waals surface area (Å²) in [5.74, 6) is 3.33. The van der Waals surface area contributed by atoms with Gasteiger partial charge in [-0.05, 0) is 30.1 Å². The minimum Gasteiger partial charge on any atom is -0.341 e. The van der Waals surface area contributed by atoms with Crippen LogP contribution >= 0.6 is 23.5 Å². The number of nitrogens with zero attached hydrogens (tertiary/aromatic N) is 2. The van der Waals surface area contributed by atoms with Crippen molar-refractivity contribution < 1.29 is 9.59 Å². The Labute approximate surface area is 207 Å². The van der Waals surface area contributed by atoms with E-state index in [2.05, 4.69) is 39.8 Å². The lowest BCUT2D eigenvalue weighted by Gasteiger charge is -2.36. The largest absolute Gasteiger partial charge is 0.341 e. The lowest BCUT2D eigenvalue weighted by molar-refractivity contribution is -0.137. The number of thioether (sulfide) groups is 2. The zero-order chi connectivity index (χ0) is 22.9. The normalized spacial score (nSPS) is 23.4. The summed E-state index contributed by atoms with van der Waals surface area (Å²) < 4.78 is 0. The van der Waals surface area contributed by atoms with Crippen molar-refractivity contribution in [1.82, 2.24) is 20.4 Å². The molecule has 2 aliphatic heterocycles. The number of hydrogen-bond donors (Lipinski definition) is 2. The molecule has 0 bridgehead atoms. The van der Waals surface area contributed by atoms with E-state index < -0.39 is 6.04 Å². The van der Waals surface area contributed by atoms with Crippen LogP contribution in [0, 0.1) is 12.5 Å². The van der Waals surface area contributed by atoms with E-state index in [0.29, 0.717) is 5.75 Å². The Balaban J connectivity index is 1.29. The number of piperazine rings is 1. The fourth-order valence-corrected chi connectivity index (χ4v) is 6.88. The zero-order valence-corrected chi connectivity index (χ0v) is 21.0. The third-order valence-electron chi connectivity index (χ3n) is 6.76. The Morgan fingerprint density at radius 3 is 2.55 bits per heavy atom. The van der Waals surface area contributed by atoms with Crippen molar-refractivity contribution >= 4 is 35.3 Å². The second kappa shape index (κ2) is 13.0. The molecule has 3 fully saturated rings. The number of hydrogen-bond acceptors (Lipinski definition) is 6. The first-order valence-corrected chi connectivity index (χ1v) is 14.5. The van der Waals surface area contributed by atoms with Crippen LogP contribution in [0.25, 0.3) is 0 Å². The van der Waals surface area contributed by atoms with Gasteiger partial charge in [-0.3, -0.25) is 19.8 Å². The summed E-state index contributed by atoms with van der Waals surface area (Å²) in [6.45, 7) is 6.00. The van der Waals surface area contributed by atoms with Gasteiger partial charge < -0.3 is 10.2 Å². The predicted octanol–water partition coefficient (Wildman–Crippen LogP) is 2.95. The second-order valence-corrected chi connectivity index (χ2v) is 11.5. The Morgan fingerprint density at radius 2 is 1.85 bits per heavy atom. The molecule has 2 N–H and O–H groups in total. The molecule has 1 aromatic carbocycles. The van der Waals surface area contributed by atoms with Gasteiger partial charge in [0, 0.05) is 50.8 Å². The number of carbonyl (C=O) groups excluding carboxylic acids is 2. The topological polar surface area (TPSA) is 64.7 Å². The van der Waals surface area contributed by atoms with Gasteiger partial charge in [-0.25, -0.2) is 0 Å². The van der Waals surface area contributed by atoms with Crippen LogP contribution in [0.1, 0.15) is 37.7 Å². The zero-order valence-electron chi connectivity index (χ0n) is 19.4. The van der Waals surface area contributed by atoms with Crippen LogP contribution < -0.4 is 10.6 Å². The van der Waals surface area contributed by atoms with Gasteiger partial charge in [0.05, 0.1) is 0 Å². The Kier molecular flexibility index (Phi) is 9.82. The molecule has 4 rings (SSSR count). The molecule has 8 heteroatoms. The van der Waals surface area contributed by atoms with E-state index in [4.69, 9.17) is 0 Å². The molecular formula is C25H37N4O2S2. The van der Waals surface area contributed by atoms with E-state index in [-0.39, 0.29) is 17.2 Å². The SMILES string of the molecule is O=C(N[C@@H](CSCC1CCCCC1)C(=O)N1CCN(Cc2ccccc2)CC1)C1N[CH]CS1. The first-order valence-electron chi connectivity index (χ1n) is 12.3. The summed E-state index contributed by atoms with van der Waals surface area (Å²) in [6, 6.07) is 10.0. The Hall–Kier alpha value is -1.22.